The zero-order chi connectivity index (χ0) is 28.1. The highest BCUT2D eigenvalue weighted by Crippen LogP contribution is 2.28. The van der Waals surface area contributed by atoms with Gasteiger partial charge in [-0.05, 0) is 61.9 Å². The zero-order valence-corrected chi connectivity index (χ0v) is 22.0. The van der Waals surface area contributed by atoms with Crippen molar-refractivity contribution in [1.82, 2.24) is 15.4 Å². The normalized spacial score (nSPS) is 16.8. The van der Waals surface area contributed by atoms with E-state index in [2.05, 4.69) is 10.3 Å². The van der Waals surface area contributed by atoms with E-state index in [0.717, 1.165) is 22.2 Å². The number of pyridine rings is 1. The topological polar surface area (TPSA) is 121 Å². The lowest BCUT2D eigenvalue weighted by Crippen LogP contribution is -2.51. The molecule has 1 aliphatic rings. The van der Waals surface area contributed by atoms with Crippen LogP contribution in [0.2, 0.25) is 0 Å². The summed E-state index contributed by atoms with van der Waals surface area (Å²) in [6, 6.07) is 25.7. The van der Waals surface area contributed by atoms with Gasteiger partial charge in [0.25, 0.3) is 5.91 Å². The van der Waals surface area contributed by atoms with Gasteiger partial charge in [-0.15, -0.1) is 0 Å². The largest absolute Gasteiger partial charge is 0.489 e. The van der Waals surface area contributed by atoms with Gasteiger partial charge in [0.1, 0.15) is 12.4 Å². The summed E-state index contributed by atoms with van der Waals surface area (Å²) >= 11 is 0. The van der Waals surface area contributed by atoms with E-state index in [-0.39, 0.29) is 24.8 Å². The number of nitrogens with one attached hydrogen (secondary N) is 2. The molecule has 3 N–H and O–H groups in total. The molecule has 3 amide bonds. The number of hydroxylamine groups is 1. The Hall–Kier alpha value is -4.76. The number of carbonyl (C=O) groups excluding carboxylic acids is 3. The second-order valence-corrected chi connectivity index (χ2v) is 9.84. The van der Waals surface area contributed by atoms with Crippen molar-refractivity contribution in [3.63, 3.8) is 0 Å². The fraction of sp³-hybridized carbons (Fsp3) is 0.226. The van der Waals surface area contributed by atoms with Crippen LogP contribution in [0.4, 0.5) is 5.69 Å². The minimum absolute atomic E-state index is 0.0220. The van der Waals surface area contributed by atoms with E-state index in [1.165, 1.54) is 0 Å². The van der Waals surface area contributed by atoms with Crippen LogP contribution in [0.5, 0.6) is 5.75 Å². The van der Waals surface area contributed by atoms with Crippen molar-refractivity contribution in [2.75, 3.05) is 18.4 Å². The van der Waals surface area contributed by atoms with Crippen molar-refractivity contribution in [2.45, 2.75) is 20.0 Å². The molecule has 2 heterocycles. The molecule has 9 nitrogen and oxygen atoms in total. The van der Waals surface area contributed by atoms with Gasteiger partial charge in [-0.1, -0.05) is 36.4 Å². The van der Waals surface area contributed by atoms with E-state index in [4.69, 9.17) is 4.74 Å². The first-order valence-electron chi connectivity index (χ1n) is 13.1. The van der Waals surface area contributed by atoms with Crippen LogP contribution in [0.25, 0.3) is 10.9 Å². The minimum atomic E-state index is -0.896. The number of hydrogen-bond acceptors (Lipinski definition) is 6. The Morgan fingerprint density at radius 2 is 1.68 bits per heavy atom. The number of aromatic nitrogens is 1. The third-order valence-electron chi connectivity index (χ3n) is 7.15. The van der Waals surface area contributed by atoms with Crippen LogP contribution in [0.1, 0.15) is 28.0 Å². The molecule has 1 aliphatic heterocycles. The number of rotatable bonds is 7. The van der Waals surface area contributed by atoms with Gasteiger partial charge < -0.3 is 15.0 Å². The molecule has 1 saturated heterocycles. The van der Waals surface area contributed by atoms with Crippen LogP contribution in [-0.2, 0) is 16.2 Å². The number of piperidine rings is 1. The lowest BCUT2D eigenvalue weighted by Gasteiger charge is -2.36. The minimum Gasteiger partial charge on any atom is -0.489 e. The van der Waals surface area contributed by atoms with E-state index in [0.29, 0.717) is 30.2 Å². The summed E-state index contributed by atoms with van der Waals surface area (Å²) in [6.45, 7) is 2.66. The van der Waals surface area contributed by atoms with Crippen LogP contribution in [0.15, 0.2) is 84.9 Å². The van der Waals surface area contributed by atoms with E-state index < -0.39 is 17.7 Å². The third-order valence-corrected chi connectivity index (χ3v) is 7.15. The van der Waals surface area contributed by atoms with Gasteiger partial charge in [0.05, 0.1) is 17.4 Å². The number of amides is 3. The number of fused-ring (bicyclic) bond motifs is 1. The third kappa shape index (κ3) is 5.94. The first kappa shape index (κ1) is 26.8. The number of likely N-dealkylation sites (tertiary alicyclic amines) is 1. The Bertz CT molecular complexity index is 1520. The van der Waals surface area contributed by atoms with Crippen LogP contribution >= 0.6 is 0 Å². The summed E-state index contributed by atoms with van der Waals surface area (Å²) in [5.41, 5.74) is 5.57. The first-order chi connectivity index (χ1) is 19.4. The number of ether oxygens (including phenoxy) is 1. The molecule has 1 aromatic heterocycles. The Balaban J connectivity index is 1.22. The van der Waals surface area contributed by atoms with Crippen LogP contribution in [0.3, 0.4) is 0 Å². The van der Waals surface area contributed by atoms with Gasteiger partial charge in [-0.3, -0.25) is 24.6 Å². The molecular formula is C31H30N4O5. The second-order valence-electron chi connectivity index (χ2n) is 9.84. The second kappa shape index (κ2) is 12.0. The van der Waals surface area contributed by atoms with Gasteiger partial charge in [-0.2, -0.15) is 0 Å². The molecule has 0 spiro atoms. The molecule has 5 rings (SSSR count). The summed E-state index contributed by atoms with van der Waals surface area (Å²) < 4.78 is 6.01. The monoisotopic (exact) mass is 538 g/mol. The highest BCUT2D eigenvalue weighted by Gasteiger charge is 2.40. The highest BCUT2D eigenvalue weighted by atomic mass is 16.5. The first-order valence-corrected chi connectivity index (χ1v) is 13.1. The number of nitrogens with zero attached hydrogens (tertiary/aromatic N) is 2. The maximum Gasteiger partial charge on any atom is 0.253 e. The SMILES string of the molecule is Cc1cc(COc2ccc(NC(=O)[C@H]3CCN(C(=O)c4ccccc4)C[C@@H]3C(=O)NO)cc2)c2ccccc2n1. The molecule has 2 atom stereocenters. The van der Waals surface area contributed by atoms with Gasteiger partial charge in [0.2, 0.25) is 11.8 Å². The van der Waals surface area contributed by atoms with Crippen molar-refractivity contribution >= 4 is 34.3 Å². The lowest BCUT2D eigenvalue weighted by atomic mass is 9.83. The number of hydrogen-bond donors (Lipinski definition) is 3. The number of para-hydroxylation sites is 1. The molecule has 0 radical (unpaired) electrons. The summed E-state index contributed by atoms with van der Waals surface area (Å²) in [5, 5.41) is 13.2. The maximum atomic E-state index is 13.2. The molecule has 9 heteroatoms. The van der Waals surface area contributed by atoms with Gasteiger partial charge in [-0.25, -0.2) is 5.48 Å². The Morgan fingerprint density at radius 1 is 0.950 bits per heavy atom. The fourth-order valence-electron chi connectivity index (χ4n) is 5.11. The number of benzene rings is 3. The Morgan fingerprint density at radius 3 is 2.42 bits per heavy atom. The summed E-state index contributed by atoms with van der Waals surface area (Å²) in [4.78, 5) is 44.7. The summed E-state index contributed by atoms with van der Waals surface area (Å²) in [6.07, 6.45) is 0.281. The summed E-state index contributed by atoms with van der Waals surface area (Å²) in [5.74, 6) is -2.25. The van der Waals surface area contributed by atoms with Crippen molar-refractivity contribution in [3.05, 3.63) is 102 Å². The molecule has 40 heavy (non-hydrogen) atoms. The maximum absolute atomic E-state index is 13.2. The molecule has 0 aliphatic carbocycles. The van der Waals surface area contributed by atoms with E-state index in [9.17, 15) is 19.6 Å². The van der Waals surface area contributed by atoms with Crippen molar-refractivity contribution in [1.29, 1.82) is 0 Å². The van der Waals surface area contributed by atoms with Crippen LogP contribution in [-0.4, -0.2) is 45.9 Å². The van der Waals surface area contributed by atoms with Gasteiger partial charge >= 0.3 is 0 Å². The smallest absolute Gasteiger partial charge is 0.253 e. The number of anilines is 1. The van der Waals surface area contributed by atoms with Crippen LogP contribution in [0, 0.1) is 18.8 Å². The van der Waals surface area contributed by atoms with E-state index in [1.807, 2.05) is 43.3 Å². The average Bonchev–Trinajstić information content (AvgIpc) is 2.99. The molecule has 0 saturated carbocycles. The molecule has 204 valence electrons. The average molecular weight is 539 g/mol. The molecule has 4 aromatic rings. The van der Waals surface area contributed by atoms with Gasteiger partial charge in [0.15, 0.2) is 0 Å². The molecule has 1 fully saturated rings. The quantitative estimate of drug-likeness (QED) is 0.238. The molecule has 0 bridgehead atoms. The van der Waals surface area contributed by atoms with Crippen molar-refractivity contribution in [2.24, 2.45) is 11.8 Å². The standard InChI is InChI=1S/C31H30N4O5/c1-20-17-22(25-9-5-6-10-28(25)32-20)19-40-24-13-11-23(12-14-24)33-29(36)26-15-16-35(18-27(26)30(37)34-39)31(38)21-7-3-2-4-8-21/h2-14,17,26-27,39H,15-16,18-19H2,1H3,(H,33,36)(H,34,37)/t26-,27-/m0/s1. The Kier molecular flexibility index (Phi) is 8.02. The van der Waals surface area contributed by atoms with E-state index in [1.54, 1.807) is 58.9 Å². The lowest BCUT2D eigenvalue weighted by molar-refractivity contribution is -0.141. The van der Waals surface area contributed by atoms with E-state index >= 15 is 0 Å². The summed E-state index contributed by atoms with van der Waals surface area (Å²) in [7, 11) is 0. The zero-order valence-electron chi connectivity index (χ0n) is 22.0. The number of aryl methyl sites for hydroxylation is 1. The Labute approximate surface area is 231 Å². The highest BCUT2D eigenvalue weighted by molar-refractivity contribution is 5.98. The fourth-order valence-corrected chi connectivity index (χ4v) is 5.11. The molecule has 0 unspecified atom stereocenters. The predicted molar refractivity (Wildman–Crippen MR) is 150 cm³/mol. The van der Waals surface area contributed by atoms with Crippen molar-refractivity contribution < 1.29 is 24.3 Å². The predicted octanol–water partition coefficient (Wildman–Crippen LogP) is 4.34. The molecular weight excluding hydrogens is 508 g/mol. The van der Waals surface area contributed by atoms with Crippen molar-refractivity contribution in [3.8, 4) is 5.75 Å². The molecule has 3 aromatic carbocycles. The number of carbonyl (C=O) groups is 3. The van der Waals surface area contributed by atoms with Crippen LogP contribution < -0.4 is 15.5 Å². The van der Waals surface area contributed by atoms with Gasteiger partial charge in [0, 0.05) is 41.0 Å².